The Bertz CT molecular complexity index is 1210. The number of nitrogens with two attached hydrogens (primary N) is 2. The zero-order chi connectivity index (χ0) is 26.4. The molecule has 1 fully saturated rings. The fourth-order valence-electron chi connectivity index (χ4n) is 4.55. The molecule has 194 valence electrons. The number of nitrogens with one attached hydrogen (secondary N) is 2. The van der Waals surface area contributed by atoms with Gasteiger partial charge in [0.25, 0.3) is 0 Å². The summed E-state index contributed by atoms with van der Waals surface area (Å²) in [4.78, 5) is 23.2. The summed E-state index contributed by atoms with van der Waals surface area (Å²) in [5, 5.41) is 12.3. The third-order valence-corrected chi connectivity index (χ3v) is 6.36. The highest BCUT2D eigenvalue weighted by Gasteiger charge is 2.28. The second-order valence-corrected chi connectivity index (χ2v) is 9.80. The minimum Gasteiger partial charge on any atom is -0.457 e. The number of carbonyl (C=O) groups excluding carboxylic acids is 1. The first-order chi connectivity index (χ1) is 17.8. The van der Waals surface area contributed by atoms with Gasteiger partial charge in [-0.25, -0.2) is 9.97 Å². The van der Waals surface area contributed by atoms with Gasteiger partial charge >= 0.3 is 0 Å². The van der Waals surface area contributed by atoms with Gasteiger partial charge in [-0.2, -0.15) is 0 Å². The van der Waals surface area contributed by atoms with Crippen LogP contribution in [-0.4, -0.2) is 51.7 Å². The number of rotatable bonds is 9. The van der Waals surface area contributed by atoms with E-state index in [1.165, 1.54) is 6.33 Å². The van der Waals surface area contributed by atoms with Crippen LogP contribution in [-0.2, 0) is 4.79 Å². The van der Waals surface area contributed by atoms with E-state index in [1.807, 2.05) is 59.5 Å². The van der Waals surface area contributed by atoms with E-state index in [0.717, 1.165) is 18.6 Å². The smallest absolute Gasteiger partial charge is 0.239 e. The van der Waals surface area contributed by atoms with Gasteiger partial charge in [-0.15, -0.1) is 0 Å². The Morgan fingerprint density at radius 1 is 1.14 bits per heavy atom. The van der Waals surface area contributed by atoms with Crippen LogP contribution in [0.4, 0.5) is 11.6 Å². The number of ether oxygens (including phenoxy) is 1. The van der Waals surface area contributed by atoms with Crippen LogP contribution < -0.4 is 21.5 Å². The number of benzene rings is 2. The van der Waals surface area contributed by atoms with E-state index in [1.54, 1.807) is 0 Å². The quantitative estimate of drug-likeness (QED) is 0.324. The van der Waals surface area contributed by atoms with Gasteiger partial charge in [0.1, 0.15) is 29.5 Å². The topological polar surface area (TPSA) is 143 Å². The van der Waals surface area contributed by atoms with Gasteiger partial charge in [0.2, 0.25) is 5.91 Å². The fraction of sp³-hybridized carbons (Fsp3) is 0.357. The highest BCUT2D eigenvalue weighted by atomic mass is 16.5. The van der Waals surface area contributed by atoms with Crippen molar-refractivity contribution >= 4 is 23.3 Å². The van der Waals surface area contributed by atoms with Crippen LogP contribution in [0.5, 0.6) is 11.5 Å². The van der Waals surface area contributed by atoms with E-state index in [-0.39, 0.29) is 23.5 Å². The van der Waals surface area contributed by atoms with Gasteiger partial charge in [-0.1, -0.05) is 32.0 Å². The molecule has 1 aliphatic rings. The summed E-state index contributed by atoms with van der Waals surface area (Å²) < 4.78 is 5.86. The Labute approximate surface area is 217 Å². The van der Waals surface area contributed by atoms with E-state index in [0.29, 0.717) is 48.1 Å². The molecule has 1 aromatic heterocycles. The number of hydrogen-bond acceptors (Lipinski definition) is 8. The molecule has 4 rings (SSSR count). The van der Waals surface area contributed by atoms with Crippen LogP contribution >= 0.6 is 0 Å². The van der Waals surface area contributed by atoms with Gasteiger partial charge in [-0.3, -0.25) is 10.2 Å². The van der Waals surface area contributed by atoms with Crippen LogP contribution in [0.2, 0.25) is 0 Å². The lowest BCUT2D eigenvalue weighted by molar-refractivity contribution is -0.134. The Morgan fingerprint density at radius 2 is 1.84 bits per heavy atom. The SMILES string of the molecule is CC(C)C[C@H](N)C(=O)N1CCC[C@@H](Nc2ncnc(N)c2C(=N)c2ccc(Oc3ccccc3)cc2)C1. The third-order valence-electron chi connectivity index (χ3n) is 6.36. The van der Waals surface area contributed by atoms with Crippen molar-refractivity contribution in [3.8, 4) is 11.5 Å². The largest absolute Gasteiger partial charge is 0.457 e. The molecule has 1 aliphatic heterocycles. The molecule has 2 atom stereocenters. The number of carbonyl (C=O) groups is 1. The number of likely N-dealkylation sites (tertiary alicyclic amines) is 1. The number of para-hydroxylation sites is 1. The molecule has 9 nitrogen and oxygen atoms in total. The average molecular weight is 502 g/mol. The normalized spacial score (nSPS) is 16.3. The number of nitrogen functional groups attached to an aromatic ring is 1. The first-order valence-electron chi connectivity index (χ1n) is 12.7. The van der Waals surface area contributed by atoms with Crippen molar-refractivity contribution in [3.05, 3.63) is 72.1 Å². The minimum absolute atomic E-state index is 0.0202. The molecule has 1 saturated heterocycles. The maximum atomic E-state index is 12.9. The molecule has 0 unspecified atom stereocenters. The van der Waals surface area contributed by atoms with Gasteiger partial charge in [0.05, 0.1) is 17.3 Å². The van der Waals surface area contributed by atoms with Gasteiger partial charge in [-0.05, 0) is 61.6 Å². The molecule has 0 radical (unpaired) electrons. The summed E-state index contributed by atoms with van der Waals surface area (Å²) in [7, 11) is 0. The monoisotopic (exact) mass is 501 g/mol. The van der Waals surface area contributed by atoms with E-state index in [2.05, 4.69) is 29.1 Å². The number of aromatic nitrogens is 2. The summed E-state index contributed by atoms with van der Waals surface area (Å²) in [6.45, 7) is 5.34. The van der Waals surface area contributed by atoms with Crippen molar-refractivity contribution in [2.45, 2.75) is 45.2 Å². The van der Waals surface area contributed by atoms with Gasteiger partial charge in [0, 0.05) is 24.7 Å². The van der Waals surface area contributed by atoms with Crippen molar-refractivity contribution in [1.82, 2.24) is 14.9 Å². The van der Waals surface area contributed by atoms with Crippen molar-refractivity contribution < 1.29 is 9.53 Å². The highest BCUT2D eigenvalue weighted by Crippen LogP contribution is 2.26. The number of amides is 1. The molecule has 6 N–H and O–H groups in total. The van der Waals surface area contributed by atoms with Crippen LogP contribution in [0.3, 0.4) is 0 Å². The summed E-state index contributed by atoms with van der Waals surface area (Å²) in [6.07, 6.45) is 3.77. The molecular formula is C28H35N7O2. The molecular weight excluding hydrogens is 466 g/mol. The molecule has 0 saturated carbocycles. The summed E-state index contributed by atoms with van der Waals surface area (Å²) in [6, 6.07) is 16.2. The van der Waals surface area contributed by atoms with Crippen molar-refractivity contribution in [3.63, 3.8) is 0 Å². The fourth-order valence-corrected chi connectivity index (χ4v) is 4.55. The van der Waals surface area contributed by atoms with E-state index >= 15 is 0 Å². The van der Waals surface area contributed by atoms with Crippen LogP contribution in [0.25, 0.3) is 0 Å². The molecule has 0 spiro atoms. The standard InChI is InChI=1S/C28H35N7O2/c1-18(2)15-23(29)28(36)35-14-6-7-20(16-35)34-27-24(26(31)32-17-33-27)25(30)19-10-12-22(13-11-19)37-21-8-4-3-5-9-21/h3-5,8-13,17-18,20,23,30H,6-7,14-16,29H2,1-2H3,(H3,31,32,33,34)/t20-,23+/m1/s1. The summed E-state index contributed by atoms with van der Waals surface area (Å²) in [5.74, 6) is 2.44. The lowest BCUT2D eigenvalue weighted by atomic mass is 10.00. The Kier molecular flexibility index (Phi) is 8.35. The van der Waals surface area contributed by atoms with Crippen molar-refractivity contribution in [2.75, 3.05) is 24.1 Å². The van der Waals surface area contributed by atoms with Crippen molar-refractivity contribution in [1.29, 1.82) is 5.41 Å². The maximum absolute atomic E-state index is 12.9. The number of anilines is 2. The Hall–Kier alpha value is -3.98. The predicted octanol–water partition coefficient (Wildman–Crippen LogP) is 4.04. The molecule has 9 heteroatoms. The van der Waals surface area contributed by atoms with Crippen LogP contribution in [0.15, 0.2) is 60.9 Å². The molecule has 37 heavy (non-hydrogen) atoms. The maximum Gasteiger partial charge on any atom is 0.239 e. The second kappa shape index (κ2) is 11.8. The molecule has 0 aliphatic carbocycles. The highest BCUT2D eigenvalue weighted by molar-refractivity contribution is 6.16. The molecule has 3 aromatic rings. The number of nitrogens with zero attached hydrogens (tertiary/aromatic N) is 3. The average Bonchev–Trinajstić information content (AvgIpc) is 2.89. The second-order valence-electron chi connectivity index (χ2n) is 9.80. The lowest BCUT2D eigenvalue weighted by Crippen LogP contribution is -2.51. The summed E-state index contributed by atoms with van der Waals surface area (Å²) in [5.41, 5.74) is 13.7. The van der Waals surface area contributed by atoms with Gasteiger partial charge in [0.15, 0.2) is 0 Å². The zero-order valence-corrected chi connectivity index (χ0v) is 21.4. The van der Waals surface area contributed by atoms with E-state index in [9.17, 15) is 4.79 Å². The number of hydrogen-bond donors (Lipinski definition) is 4. The van der Waals surface area contributed by atoms with E-state index < -0.39 is 6.04 Å². The first kappa shape index (κ1) is 26.1. The minimum atomic E-state index is -0.494. The molecule has 1 amide bonds. The molecule has 0 bridgehead atoms. The zero-order valence-electron chi connectivity index (χ0n) is 21.4. The van der Waals surface area contributed by atoms with Crippen LogP contribution in [0.1, 0.15) is 44.2 Å². The van der Waals surface area contributed by atoms with Gasteiger partial charge < -0.3 is 26.4 Å². The number of piperidine rings is 1. The molecule has 2 heterocycles. The first-order valence-corrected chi connectivity index (χ1v) is 12.7. The summed E-state index contributed by atoms with van der Waals surface area (Å²) >= 11 is 0. The predicted molar refractivity (Wildman–Crippen MR) is 146 cm³/mol. The lowest BCUT2D eigenvalue weighted by Gasteiger charge is -2.35. The Balaban J connectivity index is 1.47. The van der Waals surface area contributed by atoms with Crippen LogP contribution in [0, 0.1) is 11.3 Å². The third kappa shape index (κ3) is 6.62. The van der Waals surface area contributed by atoms with E-state index in [4.69, 9.17) is 21.6 Å². The van der Waals surface area contributed by atoms with Crippen molar-refractivity contribution in [2.24, 2.45) is 11.7 Å². The Morgan fingerprint density at radius 3 is 2.54 bits per heavy atom. The molecule has 2 aromatic carbocycles.